The van der Waals surface area contributed by atoms with Gasteiger partial charge in [0.25, 0.3) is 0 Å². The summed E-state index contributed by atoms with van der Waals surface area (Å²) in [5.41, 5.74) is 7.75. The van der Waals surface area contributed by atoms with Crippen molar-refractivity contribution in [3.05, 3.63) is 35.7 Å². The lowest BCUT2D eigenvalue weighted by atomic mass is 9.91. The number of ether oxygens (including phenoxy) is 1. The van der Waals surface area contributed by atoms with Crippen LogP contribution >= 0.6 is 0 Å². The maximum atomic E-state index is 12.7. The fourth-order valence-corrected chi connectivity index (χ4v) is 5.52. The summed E-state index contributed by atoms with van der Waals surface area (Å²) >= 11 is 0. The Hall–Kier alpha value is -2.59. The number of hydrogen-bond acceptors (Lipinski definition) is 7. The van der Waals surface area contributed by atoms with E-state index in [0.717, 1.165) is 36.9 Å². The quantitative estimate of drug-likeness (QED) is 0.559. The van der Waals surface area contributed by atoms with Crippen LogP contribution in [0.15, 0.2) is 28.9 Å². The Morgan fingerprint density at radius 1 is 1.30 bits per heavy atom. The third-order valence-corrected chi connectivity index (χ3v) is 6.91. The van der Waals surface area contributed by atoms with Crippen LogP contribution in [0.2, 0.25) is 0 Å². The molecule has 4 rings (SSSR count). The molecule has 10 heteroatoms. The molecule has 0 radical (unpaired) electrons. The van der Waals surface area contributed by atoms with Gasteiger partial charge in [-0.05, 0) is 42.5 Å². The summed E-state index contributed by atoms with van der Waals surface area (Å²) in [6.07, 6.45) is 7.12. The SMILES string of the molecule is COc1cc(Cn2ccc(CN)n2)cc2onc(NS(=O)(=O)CC3CCCCC3)c12. The summed E-state index contributed by atoms with van der Waals surface area (Å²) < 4.78 is 40.7. The van der Waals surface area contributed by atoms with Gasteiger partial charge in [-0.15, -0.1) is 0 Å². The highest BCUT2D eigenvalue weighted by atomic mass is 32.2. The van der Waals surface area contributed by atoms with E-state index in [2.05, 4.69) is 15.0 Å². The number of nitrogens with one attached hydrogen (secondary N) is 1. The van der Waals surface area contributed by atoms with E-state index in [0.29, 0.717) is 29.8 Å². The first-order valence-electron chi connectivity index (χ1n) is 10.2. The number of nitrogens with zero attached hydrogens (tertiary/aromatic N) is 3. The van der Waals surface area contributed by atoms with Crippen LogP contribution in [0.25, 0.3) is 11.0 Å². The minimum Gasteiger partial charge on any atom is -0.496 e. The lowest BCUT2D eigenvalue weighted by Gasteiger charge is -2.21. The molecule has 0 bridgehead atoms. The van der Waals surface area contributed by atoms with Crippen LogP contribution in [0.5, 0.6) is 5.75 Å². The molecular weight excluding hydrogens is 406 g/mol. The second-order valence-corrected chi connectivity index (χ2v) is 9.57. The van der Waals surface area contributed by atoms with E-state index < -0.39 is 10.0 Å². The molecule has 0 amide bonds. The van der Waals surface area contributed by atoms with Gasteiger partial charge in [0.15, 0.2) is 11.4 Å². The summed E-state index contributed by atoms with van der Waals surface area (Å²) in [5.74, 6) is 0.944. The molecule has 1 aliphatic rings. The first kappa shape index (κ1) is 20.7. The number of benzene rings is 1. The minimum atomic E-state index is -3.53. The number of hydrogen-bond donors (Lipinski definition) is 2. The van der Waals surface area contributed by atoms with Gasteiger partial charge in [0.05, 0.1) is 25.1 Å². The highest BCUT2D eigenvalue weighted by Gasteiger charge is 2.24. The highest BCUT2D eigenvalue weighted by Crippen LogP contribution is 2.35. The summed E-state index contributed by atoms with van der Waals surface area (Å²) in [5, 5.41) is 8.86. The molecule has 0 spiro atoms. The Labute approximate surface area is 175 Å². The Bertz CT molecular complexity index is 1120. The number of aromatic nitrogens is 3. The van der Waals surface area contributed by atoms with Crippen molar-refractivity contribution in [3.63, 3.8) is 0 Å². The molecule has 162 valence electrons. The second-order valence-electron chi connectivity index (χ2n) is 7.80. The zero-order valence-electron chi connectivity index (χ0n) is 17.0. The van der Waals surface area contributed by atoms with Crippen LogP contribution in [0.4, 0.5) is 5.82 Å². The molecule has 3 aromatic rings. The molecule has 30 heavy (non-hydrogen) atoms. The first-order chi connectivity index (χ1) is 14.5. The van der Waals surface area contributed by atoms with Gasteiger partial charge in [0.1, 0.15) is 11.1 Å². The summed E-state index contributed by atoms with van der Waals surface area (Å²) in [6, 6.07) is 5.51. The van der Waals surface area contributed by atoms with Crippen molar-refractivity contribution in [2.24, 2.45) is 11.7 Å². The highest BCUT2D eigenvalue weighted by molar-refractivity contribution is 7.92. The number of rotatable bonds is 8. The van der Waals surface area contributed by atoms with Crippen molar-refractivity contribution in [3.8, 4) is 5.75 Å². The van der Waals surface area contributed by atoms with E-state index >= 15 is 0 Å². The molecule has 9 nitrogen and oxygen atoms in total. The van der Waals surface area contributed by atoms with Crippen LogP contribution < -0.4 is 15.2 Å². The number of fused-ring (bicyclic) bond motifs is 1. The minimum absolute atomic E-state index is 0.102. The third kappa shape index (κ3) is 4.59. The zero-order valence-corrected chi connectivity index (χ0v) is 17.8. The average Bonchev–Trinajstić information content (AvgIpc) is 3.34. The smallest absolute Gasteiger partial charge is 0.234 e. The molecule has 1 saturated carbocycles. The van der Waals surface area contributed by atoms with Crippen molar-refractivity contribution in [2.75, 3.05) is 17.6 Å². The van der Waals surface area contributed by atoms with E-state index in [-0.39, 0.29) is 17.5 Å². The van der Waals surface area contributed by atoms with E-state index in [9.17, 15) is 8.42 Å². The molecule has 1 fully saturated rings. The van der Waals surface area contributed by atoms with E-state index in [4.69, 9.17) is 15.0 Å². The van der Waals surface area contributed by atoms with Crippen molar-refractivity contribution >= 4 is 26.8 Å². The van der Waals surface area contributed by atoms with Gasteiger partial charge >= 0.3 is 0 Å². The van der Waals surface area contributed by atoms with E-state index in [1.807, 2.05) is 24.4 Å². The molecule has 1 aromatic carbocycles. The van der Waals surface area contributed by atoms with Gasteiger partial charge < -0.3 is 15.0 Å². The van der Waals surface area contributed by atoms with E-state index in [1.54, 1.807) is 4.68 Å². The van der Waals surface area contributed by atoms with Crippen molar-refractivity contribution < 1.29 is 17.7 Å². The fraction of sp³-hybridized carbons (Fsp3) is 0.500. The standard InChI is InChI=1S/C20H27N5O4S/c1-28-17-9-15(12-25-8-7-16(11-21)22-25)10-18-19(17)20(23-29-18)24-30(26,27)13-14-5-3-2-4-6-14/h7-10,14H,2-6,11-13,21H2,1H3,(H,23,24). The Morgan fingerprint density at radius 3 is 2.80 bits per heavy atom. The van der Waals surface area contributed by atoms with Crippen LogP contribution in [0.3, 0.4) is 0 Å². The normalized spacial score (nSPS) is 15.5. The van der Waals surface area contributed by atoms with Gasteiger partial charge in [0, 0.05) is 12.7 Å². The molecule has 0 unspecified atom stereocenters. The van der Waals surface area contributed by atoms with Crippen LogP contribution in [0.1, 0.15) is 43.4 Å². The average molecular weight is 434 g/mol. The van der Waals surface area contributed by atoms with Crippen LogP contribution in [0, 0.1) is 5.92 Å². The molecule has 1 aliphatic carbocycles. The number of anilines is 1. The van der Waals surface area contributed by atoms with Crippen LogP contribution in [-0.4, -0.2) is 36.2 Å². The largest absolute Gasteiger partial charge is 0.496 e. The summed E-state index contributed by atoms with van der Waals surface area (Å²) in [6.45, 7) is 0.873. The second kappa shape index (κ2) is 8.65. The van der Waals surface area contributed by atoms with Gasteiger partial charge in [0.2, 0.25) is 10.0 Å². The molecule has 2 heterocycles. The topological polar surface area (TPSA) is 125 Å². The monoisotopic (exact) mass is 433 g/mol. The first-order valence-corrected chi connectivity index (χ1v) is 11.8. The predicted molar refractivity (Wildman–Crippen MR) is 114 cm³/mol. The molecule has 0 saturated heterocycles. The number of methoxy groups -OCH3 is 1. The maximum absolute atomic E-state index is 12.7. The maximum Gasteiger partial charge on any atom is 0.234 e. The fourth-order valence-electron chi connectivity index (χ4n) is 4.05. The van der Waals surface area contributed by atoms with E-state index in [1.165, 1.54) is 13.5 Å². The van der Waals surface area contributed by atoms with Gasteiger partial charge in [-0.2, -0.15) is 5.10 Å². The molecular formula is C20H27N5O4S. The van der Waals surface area contributed by atoms with Gasteiger partial charge in [-0.1, -0.05) is 24.4 Å². The van der Waals surface area contributed by atoms with Crippen molar-refractivity contribution in [1.82, 2.24) is 14.9 Å². The molecule has 2 aromatic heterocycles. The summed E-state index contributed by atoms with van der Waals surface area (Å²) in [7, 11) is -2.00. The predicted octanol–water partition coefficient (Wildman–Crippen LogP) is 2.86. The van der Waals surface area contributed by atoms with Crippen molar-refractivity contribution in [2.45, 2.75) is 45.2 Å². The van der Waals surface area contributed by atoms with Crippen LogP contribution in [-0.2, 0) is 23.1 Å². The molecule has 3 N–H and O–H groups in total. The third-order valence-electron chi connectivity index (χ3n) is 5.50. The Balaban J connectivity index is 1.57. The lowest BCUT2D eigenvalue weighted by molar-refractivity contribution is 0.385. The molecule has 0 aliphatic heterocycles. The zero-order chi connectivity index (χ0) is 21.1. The van der Waals surface area contributed by atoms with Gasteiger partial charge in [-0.25, -0.2) is 8.42 Å². The number of sulfonamides is 1. The Kier molecular flexibility index (Phi) is 5.96. The molecule has 0 atom stereocenters. The summed E-state index contributed by atoms with van der Waals surface area (Å²) in [4.78, 5) is 0. The van der Waals surface area contributed by atoms with Gasteiger partial charge in [-0.3, -0.25) is 9.40 Å². The number of nitrogens with two attached hydrogens (primary N) is 1. The lowest BCUT2D eigenvalue weighted by Crippen LogP contribution is -2.24. The van der Waals surface area contributed by atoms with Crippen molar-refractivity contribution in [1.29, 1.82) is 0 Å². The Morgan fingerprint density at radius 2 is 2.10 bits per heavy atom.